The van der Waals surface area contributed by atoms with Crippen LogP contribution in [0.4, 0.5) is 0 Å². The van der Waals surface area contributed by atoms with Gasteiger partial charge in [-0.25, -0.2) is 0 Å². The molecule has 0 aromatic carbocycles. The second kappa shape index (κ2) is 11.4. The topological polar surface area (TPSA) is 55.3 Å². The molecule has 1 N–H and O–H groups in total. The van der Waals surface area contributed by atoms with E-state index in [1.807, 2.05) is 0 Å². The molecule has 0 amide bonds. The monoisotopic (exact) mass is 441 g/mol. The second-order valence-electron chi connectivity index (χ2n) is 6.17. The van der Waals surface area contributed by atoms with Crippen molar-refractivity contribution >= 4 is 29.9 Å². The summed E-state index contributed by atoms with van der Waals surface area (Å²) in [6.45, 7) is 9.87. The van der Waals surface area contributed by atoms with Crippen molar-refractivity contribution in [1.82, 2.24) is 10.2 Å². The van der Waals surface area contributed by atoms with Crippen LogP contribution in [0, 0.1) is 5.41 Å². The van der Waals surface area contributed by atoms with E-state index in [0.29, 0.717) is 18.6 Å². The largest absolute Gasteiger partial charge is 0.382 e. The summed E-state index contributed by atoms with van der Waals surface area (Å²) in [7, 11) is 1.69. The van der Waals surface area contributed by atoms with Crippen LogP contribution in [-0.2, 0) is 14.2 Å². The first-order valence-electron chi connectivity index (χ1n) is 8.47. The Morgan fingerprint density at radius 3 is 2.87 bits per heavy atom. The normalized spacial score (nSPS) is 24.3. The molecule has 2 aliphatic heterocycles. The molecular weight excluding hydrogens is 409 g/mol. The van der Waals surface area contributed by atoms with Gasteiger partial charge in [0.2, 0.25) is 0 Å². The lowest BCUT2D eigenvalue weighted by molar-refractivity contribution is 0.0702. The summed E-state index contributed by atoms with van der Waals surface area (Å²) in [6.07, 6.45) is 3.36. The van der Waals surface area contributed by atoms with E-state index in [1.54, 1.807) is 7.11 Å². The summed E-state index contributed by atoms with van der Waals surface area (Å²) in [4.78, 5) is 7.14. The zero-order valence-corrected chi connectivity index (χ0v) is 16.8. The molecule has 23 heavy (non-hydrogen) atoms. The number of nitrogens with one attached hydrogen (secondary N) is 1. The summed E-state index contributed by atoms with van der Waals surface area (Å²) in [6, 6.07) is 0. The molecule has 2 fully saturated rings. The molecule has 2 rings (SSSR count). The molecule has 136 valence electrons. The highest BCUT2D eigenvalue weighted by molar-refractivity contribution is 14.0. The smallest absolute Gasteiger partial charge is 0.193 e. The maximum absolute atomic E-state index is 5.60. The van der Waals surface area contributed by atoms with E-state index in [-0.39, 0.29) is 24.0 Å². The molecule has 0 radical (unpaired) electrons. The Hall–Kier alpha value is -0.120. The average Bonchev–Trinajstić information content (AvgIpc) is 3.16. The Kier molecular flexibility index (Phi) is 10.4. The Morgan fingerprint density at radius 1 is 1.30 bits per heavy atom. The number of nitrogens with zero attached hydrogens (tertiary/aromatic N) is 2. The predicted octanol–water partition coefficient (Wildman–Crippen LogP) is 1.74. The highest BCUT2D eigenvalue weighted by atomic mass is 127. The molecule has 0 aromatic heterocycles. The number of ether oxygens (including phenoxy) is 3. The van der Waals surface area contributed by atoms with E-state index in [2.05, 4.69) is 17.1 Å². The Balaban J connectivity index is 0.00000264. The number of likely N-dealkylation sites (tertiary alicyclic amines) is 1. The van der Waals surface area contributed by atoms with Crippen LogP contribution < -0.4 is 5.32 Å². The van der Waals surface area contributed by atoms with Gasteiger partial charge in [0.25, 0.3) is 0 Å². The number of aliphatic imine (C=N–C) groups is 1. The molecule has 1 atom stereocenters. The zero-order valence-electron chi connectivity index (χ0n) is 14.5. The van der Waals surface area contributed by atoms with Gasteiger partial charge in [-0.1, -0.05) is 0 Å². The van der Waals surface area contributed by atoms with Crippen molar-refractivity contribution in [3.8, 4) is 0 Å². The van der Waals surface area contributed by atoms with Crippen LogP contribution in [0.25, 0.3) is 0 Å². The Bertz CT molecular complexity index is 349. The molecule has 2 heterocycles. The lowest BCUT2D eigenvalue weighted by atomic mass is 9.87. The van der Waals surface area contributed by atoms with Crippen molar-refractivity contribution in [2.75, 3.05) is 66.3 Å². The van der Waals surface area contributed by atoms with Crippen molar-refractivity contribution < 1.29 is 14.2 Å². The number of rotatable bonds is 8. The van der Waals surface area contributed by atoms with E-state index in [4.69, 9.17) is 19.2 Å². The minimum atomic E-state index is 0. The van der Waals surface area contributed by atoms with Crippen LogP contribution in [0.5, 0.6) is 0 Å². The van der Waals surface area contributed by atoms with Gasteiger partial charge in [-0.3, -0.25) is 4.99 Å². The van der Waals surface area contributed by atoms with E-state index < -0.39 is 0 Å². The number of halogens is 1. The van der Waals surface area contributed by atoms with Crippen LogP contribution in [0.1, 0.15) is 26.2 Å². The fourth-order valence-electron chi connectivity index (χ4n) is 3.11. The second-order valence-corrected chi connectivity index (χ2v) is 6.17. The number of hydrogen-bond donors (Lipinski definition) is 1. The summed E-state index contributed by atoms with van der Waals surface area (Å²) in [5, 5.41) is 3.42. The minimum absolute atomic E-state index is 0. The van der Waals surface area contributed by atoms with Crippen molar-refractivity contribution in [2.24, 2.45) is 10.4 Å². The van der Waals surface area contributed by atoms with Crippen LogP contribution in [0.15, 0.2) is 4.99 Å². The maximum Gasteiger partial charge on any atom is 0.193 e. The lowest BCUT2D eigenvalue weighted by Crippen LogP contribution is -2.41. The molecule has 1 spiro atoms. The van der Waals surface area contributed by atoms with E-state index in [0.717, 1.165) is 58.4 Å². The molecule has 1 unspecified atom stereocenters. The van der Waals surface area contributed by atoms with Gasteiger partial charge in [0.15, 0.2) is 5.96 Å². The minimum Gasteiger partial charge on any atom is -0.382 e. The molecule has 0 saturated carbocycles. The van der Waals surface area contributed by atoms with Crippen molar-refractivity contribution in [1.29, 1.82) is 0 Å². The summed E-state index contributed by atoms with van der Waals surface area (Å²) < 4.78 is 16.0. The van der Waals surface area contributed by atoms with Gasteiger partial charge in [0.1, 0.15) is 0 Å². The fourth-order valence-corrected chi connectivity index (χ4v) is 3.11. The van der Waals surface area contributed by atoms with Gasteiger partial charge in [-0.15, -0.1) is 24.0 Å². The predicted molar refractivity (Wildman–Crippen MR) is 103 cm³/mol. The standard InChI is InChI=1S/C16H31N3O3.HI/c1-3-17-15(18-7-4-9-21-12-11-20-2)19-8-5-16(13-19)6-10-22-14-16;/h3-14H2,1-2H3,(H,17,18);1H. The van der Waals surface area contributed by atoms with Crippen molar-refractivity contribution in [2.45, 2.75) is 26.2 Å². The summed E-state index contributed by atoms with van der Waals surface area (Å²) >= 11 is 0. The van der Waals surface area contributed by atoms with Crippen molar-refractivity contribution in [3.63, 3.8) is 0 Å². The quantitative estimate of drug-likeness (QED) is 0.269. The van der Waals surface area contributed by atoms with Crippen LogP contribution in [-0.4, -0.2) is 77.2 Å². The molecule has 0 aromatic rings. The van der Waals surface area contributed by atoms with Crippen LogP contribution >= 0.6 is 24.0 Å². The number of guanidine groups is 1. The van der Waals surface area contributed by atoms with Gasteiger partial charge >= 0.3 is 0 Å². The fraction of sp³-hybridized carbons (Fsp3) is 0.938. The van der Waals surface area contributed by atoms with E-state index >= 15 is 0 Å². The van der Waals surface area contributed by atoms with Gasteiger partial charge < -0.3 is 24.4 Å². The molecule has 2 aliphatic rings. The van der Waals surface area contributed by atoms with Crippen molar-refractivity contribution in [3.05, 3.63) is 0 Å². The molecule has 6 nitrogen and oxygen atoms in total. The molecular formula is C16H32IN3O3. The highest BCUT2D eigenvalue weighted by Crippen LogP contribution is 2.38. The first-order chi connectivity index (χ1) is 10.8. The zero-order chi connectivity index (χ0) is 15.7. The third-order valence-corrected chi connectivity index (χ3v) is 4.40. The van der Waals surface area contributed by atoms with Gasteiger partial charge in [-0.2, -0.15) is 0 Å². The third kappa shape index (κ3) is 6.72. The van der Waals surface area contributed by atoms with E-state index in [9.17, 15) is 0 Å². The summed E-state index contributed by atoms with van der Waals surface area (Å²) in [5.41, 5.74) is 0.374. The van der Waals surface area contributed by atoms with E-state index in [1.165, 1.54) is 12.8 Å². The average molecular weight is 441 g/mol. The molecule has 2 saturated heterocycles. The highest BCUT2D eigenvalue weighted by Gasteiger charge is 2.42. The molecule has 0 bridgehead atoms. The Morgan fingerprint density at radius 2 is 2.17 bits per heavy atom. The van der Waals surface area contributed by atoms with Gasteiger partial charge in [0.05, 0.1) is 19.8 Å². The first kappa shape index (κ1) is 20.9. The van der Waals surface area contributed by atoms with Crippen LogP contribution in [0.3, 0.4) is 0 Å². The number of hydrogen-bond acceptors (Lipinski definition) is 4. The molecule has 0 aliphatic carbocycles. The van der Waals surface area contributed by atoms with Crippen LogP contribution in [0.2, 0.25) is 0 Å². The van der Waals surface area contributed by atoms with Gasteiger partial charge in [0, 0.05) is 51.9 Å². The first-order valence-corrected chi connectivity index (χ1v) is 8.47. The third-order valence-electron chi connectivity index (χ3n) is 4.40. The summed E-state index contributed by atoms with van der Waals surface area (Å²) in [5.74, 6) is 1.04. The molecule has 7 heteroatoms. The SMILES string of the molecule is CCNC(=NCCCOCCOC)N1CCC2(CCOC2)C1.I. The lowest BCUT2D eigenvalue weighted by Gasteiger charge is -2.25. The Labute approximate surface area is 157 Å². The van der Waals surface area contributed by atoms with Gasteiger partial charge in [-0.05, 0) is 26.2 Å². The maximum atomic E-state index is 5.60. The number of methoxy groups -OCH3 is 1.